The maximum Gasteiger partial charge on any atom is 0.433 e. The van der Waals surface area contributed by atoms with Crippen LogP contribution in [-0.2, 0) is 31.8 Å². The number of hydrogen-bond acceptors (Lipinski definition) is 8. The molecule has 2 unspecified atom stereocenters. The van der Waals surface area contributed by atoms with Crippen LogP contribution in [0.4, 0.5) is 13.2 Å². The first-order valence-corrected chi connectivity index (χ1v) is 13.6. The largest absolute Gasteiger partial charge is 0.460 e. The Hall–Kier alpha value is -4.64. The summed E-state index contributed by atoms with van der Waals surface area (Å²) in [4.78, 5) is 55.9. The molecule has 5 rings (SSSR count). The summed E-state index contributed by atoms with van der Waals surface area (Å²) < 4.78 is 56.8. The Morgan fingerprint density at radius 1 is 0.814 bits per heavy atom. The smallest absolute Gasteiger partial charge is 0.433 e. The molecule has 0 spiro atoms. The van der Waals surface area contributed by atoms with Gasteiger partial charge >= 0.3 is 18.1 Å². The molecule has 0 aliphatic heterocycles. The number of fused-ring (bicyclic) bond motifs is 2. The quantitative estimate of drug-likeness (QED) is 0.126. The maximum absolute atomic E-state index is 13.9. The van der Waals surface area contributed by atoms with Gasteiger partial charge in [0, 0.05) is 17.4 Å². The monoisotopic (exact) mass is 593 g/mol. The Morgan fingerprint density at radius 3 is 2.09 bits per heavy atom. The van der Waals surface area contributed by atoms with Crippen molar-refractivity contribution in [3.63, 3.8) is 0 Å². The molecular formula is C32H26F3NO7. The van der Waals surface area contributed by atoms with E-state index in [1.54, 1.807) is 48.5 Å². The molecule has 1 fully saturated rings. The van der Waals surface area contributed by atoms with Crippen molar-refractivity contribution in [2.45, 2.75) is 32.0 Å². The molecule has 8 nitrogen and oxygen atoms in total. The van der Waals surface area contributed by atoms with Gasteiger partial charge in [0.15, 0.2) is 5.78 Å². The summed E-state index contributed by atoms with van der Waals surface area (Å²) in [5.74, 6) is -3.66. The van der Waals surface area contributed by atoms with Gasteiger partial charge in [-0.2, -0.15) is 13.2 Å². The first kappa shape index (κ1) is 29.8. The molecule has 43 heavy (non-hydrogen) atoms. The van der Waals surface area contributed by atoms with Gasteiger partial charge in [0.25, 0.3) is 0 Å². The van der Waals surface area contributed by atoms with Crippen molar-refractivity contribution in [1.82, 2.24) is 4.98 Å². The molecule has 2 bridgehead atoms. The van der Waals surface area contributed by atoms with Crippen molar-refractivity contribution < 1.29 is 46.6 Å². The van der Waals surface area contributed by atoms with Crippen LogP contribution in [0.1, 0.15) is 61.7 Å². The van der Waals surface area contributed by atoms with E-state index in [1.807, 2.05) is 0 Å². The SMILES string of the molecule is O=C(OCCOCc1nc(C(F)(F)F)ccc1C(=O)C1=C(OC(=O)c2ccccc2)C2CCC(C2)C1=O)c1ccccc1. The number of esters is 2. The highest BCUT2D eigenvalue weighted by molar-refractivity contribution is 6.28. The van der Waals surface area contributed by atoms with Gasteiger partial charge in [-0.15, -0.1) is 0 Å². The number of rotatable bonds is 10. The van der Waals surface area contributed by atoms with E-state index in [9.17, 15) is 32.3 Å². The topological polar surface area (TPSA) is 109 Å². The van der Waals surface area contributed by atoms with E-state index in [0.29, 0.717) is 30.9 Å². The average molecular weight is 594 g/mol. The molecule has 0 radical (unpaired) electrons. The lowest BCUT2D eigenvalue weighted by molar-refractivity contribution is -0.141. The maximum atomic E-state index is 13.9. The summed E-state index contributed by atoms with van der Waals surface area (Å²) in [5.41, 5.74) is -1.72. The fourth-order valence-electron chi connectivity index (χ4n) is 5.21. The second-order valence-corrected chi connectivity index (χ2v) is 10.1. The minimum absolute atomic E-state index is 0.0720. The van der Waals surface area contributed by atoms with Gasteiger partial charge in [-0.05, 0) is 55.7 Å². The number of pyridine rings is 1. The van der Waals surface area contributed by atoms with Crippen LogP contribution in [0.5, 0.6) is 0 Å². The summed E-state index contributed by atoms with van der Waals surface area (Å²) in [6.07, 6.45) is -3.38. The van der Waals surface area contributed by atoms with Gasteiger partial charge < -0.3 is 14.2 Å². The number of aromatic nitrogens is 1. The van der Waals surface area contributed by atoms with Gasteiger partial charge in [0.2, 0.25) is 5.78 Å². The van der Waals surface area contributed by atoms with E-state index in [-0.39, 0.29) is 47.3 Å². The highest BCUT2D eigenvalue weighted by Gasteiger charge is 2.45. The molecule has 3 aromatic rings. The summed E-state index contributed by atoms with van der Waals surface area (Å²) >= 11 is 0. The summed E-state index contributed by atoms with van der Waals surface area (Å²) in [7, 11) is 0. The van der Waals surface area contributed by atoms with Gasteiger partial charge in [0.05, 0.1) is 30.0 Å². The van der Waals surface area contributed by atoms with Crippen LogP contribution in [0.3, 0.4) is 0 Å². The van der Waals surface area contributed by atoms with Crippen LogP contribution in [0, 0.1) is 11.8 Å². The number of nitrogens with zero attached hydrogens (tertiary/aromatic N) is 1. The Kier molecular flexibility index (Phi) is 8.81. The number of allylic oxidation sites excluding steroid dienone is 2. The standard InChI is InChI=1S/C32H26F3NO7/c33-32(34,35)25-14-13-23(24(36-25)18-41-15-16-42-30(39)19-7-3-1-4-8-19)28(38)26-27(37)21-11-12-22(17-21)29(26)43-31(40)20-9-5-2-6-10-20/h1-10,13-14,21-22H,11-12,15-18H2. The molecule has 222 valence electrons. The molecule has 2 aromatic carbocycles. The fourth-order valence-corrected chi connectivity index (χ4v) is 5.21. The van der Waals surface area contributed by atoms with Crippen LogP contribution in [0.15, 0.2) is 84.1 Å². The Balaban J connectivity index is 1.39. The third kappa shape index (κ3) is 6.72. The van der Waals surface area contributed by atoms with Crippen molar-refractivity contribution in [3.8, 4) is 0 Å². The first-order chi connectivity index (χ1) is 20.6. The molecule has 1 heterocycles. The molecule has 0 N–H and O–H groups in total. The molecule has 1 aromatic heterocycles. The van der Waals surface area contributed by atoms with E-state index in [4.69, 9.17) is 14.2 Å². The molecule has 1 saturated carbocycles. The summed E-state index contributed by atoms with van der Waals surface area (Å²) in [6, 6.07) is 17.8. The van der Waals surface area contributed by atoms with E-state index in [2.05, 4.69) is 4.98 Å². The molecule has 0 saturated heterocycles. The van der Waals surface area contributed by atoms with E-state index in [0.717, 1.165) is 6.07 Å². The van der Waals surface area contributed by atoms with Crippen molar-refractivity contribution in [3.05, 3.63) is 112 Å². The lowest BCUT2D eigenvalue weighted by atomic mass is 9.83. The zero-order chi connectivity index (χ0) is 30.6. The molecule has 2 atom stereocenters. The van der Waals surface area contributed by atoms with Crippen molar-refractivity contribution >= 4 is 23.5 Å². The molecule has 2 aliphatic carbocycles. The number of carbonyl (C=O) groups excluding carboxylic acids is 4. The van der Waals surface area contributed by atoms with Crippen molar-refractivity contribution in [1.29, 1.82) is 0 Å². The first-order valence-electron chi connectivity index (χ1n) is 13.6. The van der Waals surface area contributed by atoms with Gasteiger partial charge in [-0.1, -0.05) is 36.4 Å². The number of ketones is 2. The number of ether oxygens (including phenoxy) is 3. The predicted molar refractivity (Wildman–Crippen MR) is 145 cm³/mol. The van der Waals surface area contributed by atoms with Crippen LogP contribution >= 0.6 is 0 Å². The number of hydrogen-bond donors (Lipinski definition) is 0. The zero-order valence-corrected chi connectivity index (χ0v) is 22.8. The fraction of sp³-hybridized carbons (Fsp3) is 0.281. The van der Waals surface area contributed by atoms with Crippen molar-refractivity contribution in [2.75, 3.05) is 13.2 Å². The Morgan fingerprint density at radius 2 is 1.44 bits per heavy atom. The Bertz CT molecular complexity index is 1570. The van der Waals surface area contributed by atoms with Crippen LogP contribution in [0.25, 0.3) is 0 Å². The average Bonchev–Trinajstić information content (AvgIpc) is 3.46. The second-order valence-electron chi connectivity index (χ2n) is 10.1. The zero-order valence-electron chi connectivity index (χ0n) is 22.8. The number of alkyl halides is 3. The normalized spacial score (nSPS) is 18.0. The Labute approximate surface area is 244 Å². The van der Waals surface area contributed by atoms with Crippen LogP contribution < -0.4 is 0 Å². The third-order valence-corrected chi connectivity index (χ3v) is 7.32. The summed E-state index contributed by atoms with van der Waals surface area (Å²) in [5, 5.41) is 0. The number of halogens is 3. The molecule has 11 heteroatoms. The van der Waals surface area contributed by atoms with E-state index < -0.39 is 47.9 Å². The van der Waals surface area contributed by atoms with Crippen LogP contribution in [0.2, 0.25) is 0 Å². The highest BCUT2D eigenvalue weighted by Crippen LogP contribution is 2.45. The predicted octanol–water partition coefficient (Wildman–Crippen LogP) is 5.77. The number of Topliss-reactive ketones (excluding diaryl/α,β-unsaturated/α-hetero) is 2. The van der Waals surface area contributed by atoms with E-state index in [1.165, 1.54) is 12.1 Å². The minimum Gasteiger partial charge on any atom is -0.460 e. The van der Waals surface area contributed by atoms with Gasteiger partial charge in [0.1, 0.15) is 23.6 Å². The highest BCUT2D eigenvalue weighted by atomic mass is 19.4. The van der Waals surface area contributed by atoms with E-state index >= 15 is 0 Å². The molecule has 2 aliphatic rings. The van der Waals surface area contributed by atoms with Gasteiger partial charge in [-0.3, -0.25) is 9.59 Å². The molecular weight excluding hydrogens is 567 g/mol. The third-order valence-electron chi connectivity index (χ3n) is 7.32. The van der Waals surface area contributed by atoms with Crippen molar-refractivity contribution in [2.24, 2.45) is 11.8 Å². The minimum atomic E-state index is -4.81. The lowest BCUT2D eigenvalue weighted by Gasteiger charge is -2.24. The molecule has 0 amide bonds. The number of benzene rings is 2. The van der Waals surface area contributed by atoms with Gasteiger partial charge in [-0.25, -0.2) is 14.6 Å². The second kappa shape index (κ2) is 12.7. The van der Waals surface area contributed by atoms with Crippen LogP contribution in [-0.4, -0.2) is 41.7 Å². The number of carbonyl (C=O) groups is 4. The summed E-state index contributed by atoms with van der Waals surface area (Å²) in [6.45, 7) is -0.945. The lowest BCUT2D eigenvalue weighted by Crippen LogP contribution is -2.30.